The minimum Gasteiger partial charge on any atom is -0.495 e. The topological polar surface area (TPSA) is 74.2 Å². The zero-order valence-corrected chi connectivity index (χ0v) is 17.0. The number of benzene rings is 1. The van der Waals surface area contributed by atoms with E-state index in [1.807, 2.05) is 0 Å². The molecule has 1 aromatic carbocycles. The molecule has 0 saturated heterocycles. The van der Waals surface area contributed by atoms with Crippen LogP contribution < -0.4 is 4.74 Å². The fourth-order valence-corrected chi connectivity index (χ4v) is 2.16. The first-order valence-corrected chi connectivity index (χ1v) is 8.89. The number of alkyl halides is 3. The van der Waals surface area contributed by atoms with Crippen molar-refractivity contribution >= 4 is 5.97 Å². The van der Waals surface area contributed by atoms with Gasteiger partial charge in [-0.1, -0.05) is 6.58 Å². The molecule has 0 bridgehead atoms. The summed E-state index contributed by atoms with van der Waals surface area (Å²) in [5.74, 6) is 0.498. The first kappa shape index (κ1) is 25.1. The molecule has 0 amide bonds. The van der Waals surface area contributed by atoms with Gasteiger partial charge in [0, 0.05) is 0 Å². The summed E-state index contributed by atoms with van der Waals surface area (Å²) in [7, 11) is 1.25. The van der Waals surface area contributed by atoms with Crippen LogP contribution in [0.2, 0.25) is 0 Å². The lowest BCUT2D eigenvalue weighted by Gasteiger charge is -2.15. The number of carbonyl (C=O) groups is 1. The van der Waals surface area contributed by atoms with Crippen LogP contribution in [0.3, 0.4) is 0 Å². The standard InChI is InChI=1S/C21H25F3O6/c1-5-19(30-13-20(26)27-4)14(2)10-15(3)28-11-17(25)12-29-18-8-6-16(7-9-18)21(22,23)24/h5-10,17,25H,1,11-13H2,2-4H3/b15-10+,19-14+. The van der Waals surface area contributed by atoms with Crippen molar-refractivity contribution < 1.29 is 42.0 Å². The number of aliphatic hydroxyl groups is 1. The van der Waals surface area contributed by atoms with E-state index in [0.29, 0.717) is 17.1 Å². The van der Waals surface area contributed by atoms with Crippen LogP contribution in [0.5, 0.6) is 5.75 Å². The van der Waals surface area contributed by atoms with Gasteiger partial charge in [0.25, 0.3) is 0 Å². The Labute approximate surface area is 173 Å². The van der Waals surface area contributed by atoms with Crippen LogP contribution in [-0.2, 0) is 25.2 Å². The molecule has 0 heterocycles. The molecule has 6 nitrogen and oxygen atoms in total. The second-order valence-corrected chi connectivity index (χ2v) is 6.17. The molecule has 1 unspecified atom stereocenters. The van der Waals surface area contributed by atoms with Crippen molar-refractivity contribution in [2.45, 2.75) is 26.1 Å². The van der Waals surface area contributed by atoms with Gasteiger partial charge in [0.15, 0.2) is 6.61 Å². The predicted octanol–water partition coefficient (Wildman–Crippen LogP) is 4.02. The van der Waals surface area contributed by atoms with Crippen molar-refractivity contribution in [2.24, 2.45) is 0 Å². The lowest BCUT2D eigenvalue weighted by atomic mass is 10.2. The molecular weight excluding hydrogens is 405 g/mol. The molecule has 0 fully saturated rings. The first-order valence-electron chi connectivity index (χ1n) is 8.89. The van der Waals surface area contributed by atoms with Crippen LogP contribution in [0.25, 0.3) is 0 Å². The zero-order chi connectivity index (χ0) is 22.7. The summed E-state index contributed by atoms with van der Waals surface area (Å²) in [4.78, 5) is 11.1. The SMILES string of the molecule is C=C/C(OCC(=O)OC)=C(C)\C=C(/C)OCC(O)COc1ccc(C(F)(F)F)cc1. The Balaban J connectivity index is 2.52. The number of rotatable bonds is 11. The molecule has 0 radical (unpaired) electrons. The second-order valence-electron chi connectivity index (χ2n) is 6.17. The highest BCUT2D eigenvalue weighted by Crippen LogP contribution is 2.30. The Kier molecular flexibility index (Phi) is 9.97. The molecule has 1 atom stereocenters. The Bertz CT molecular complexity index is 766. The van der Waals surface area contributed by atoms with Crippen molar-refractivity contribution in [3.8, 4) is 5.75 Å². The van der Waals surface area contributed by atoms with Crippen LogP contribution >= 0.6 is 0 Å². The largest absolute Gasteiger partial charge is 0.495 e. The number of hydrogen-bond donors (Lipinski definition) is 1. The Morgan fingerprint density at radius 2 is 1.80 bits per heavy atom. The third kappa shape index (κ3) is 9.04. The maximum Gasteiger partial charge on any atom is 0.416 e. The summed E-state index contributed by atoms with van der Waals surface area (Å²) >= 11 is 0. The maximum atomic E-state index is 12.5. The normalized spacial score (nSPS) is 13.8. The summed E-state index contributed by atoms with van der Waals surface area (Å²) in [6.07, 6.45) is -2.35. The van der Waals surface area contributed by atoms with E-state index >= 15 is 0 Å². The van der Waals surface area contributed by atoms with E-state index < -0.39 is 23.8 Å². The molecule has 1 rings (SSSR count). The predicted molar refractivity (Wildman–Crippen MR) is 104 cm³/mol. The number of carbonyl (C=O) groups excluding carboxylic acids is 1. The van der Waals surface area contributed by atoms with Crippen LogP contribution in [-0.4, -0.2) is 44.1 Å². The molecule has 1 N–H and O–H groups in total. The second kappa shape index (κ2) is 11.9. The van der Waals surface area contributed by atoms with Crippen molar-refractivity contribution in [3.63, 3.8) is 0 Å². The van der Waals surface area contributed by atoms with Gasteiger partial charge in [-0.2, -0.15) is 13.2 Å². The van der Waals surface area contributed by atoms with Gasteiger partial charge in [0.1, 0.15) is 30.8 Å². The number of ether oxygens (including phenoxy) is 4. The summed E-state index contributed by atoms with van der Waals surface area (Å²) in [5, 5.41) is 9.94. The minimum atomic E-state index is -4.42. The molecular formula is C21H25F3O6. The number of hydrogen-bond acceptors (Lipinski definition) is 6. The lowest BCUT2D eigenvalue weighted by Crippen LogP contribution is -2.23. The van der Waals surface area contributed by atoms with Gasteiger partial charge in [-0.05, 0) is 55.8 Å². The van der Waals surface area contributed by atoms with E-state index in [4.69, 9.17) is 14.2 Å². The van der Waals surface area contributed by atoms with E-state index in [1.165, 1.54) is 25.3 Å². The molecule has 9 heteroatoms. The van der Waals surface area contributed by atoms with E-state index in [1.54, 1.807) is 19.9 Å². The smallest absolute Gasteiger partial charge is 0.416 e. The molecule has 166 valence electrons. The van der Waals surface area contributed by atoms with Gasteiger partial charge in [0.05, 0.1) is 18.4 Å². The van der Waals surface area contributed by atoms with Gasteiger partial charge in [-0.3, -0.25) is 0 Å². The average molecular weight is 430 g/mol. The first-order chi connectivity index (χ1) is 14.1. The van der Waals surface area contributed by atoms with E-state index in [-0.39, 0.29) is 25.6 Å². The van der Waals surface area contributed by atoms with Crippen molar-refractivity contribution in [2.75, 3.05) is 26.9 Å². The number of allylic oxidation sites excluding steroid dienone is 4. The number of methoxy groups -OCH3 is 1. The summed E-state index contributed by atoms with van der Waals surface area (Å²) in [6, 6.07) is 4.17. The van der Waals surface area contributed by atoms with E-state index in [9.17, 15) is 23.1 Å². The highest BCUT2D eigenvalue weighted by Gasteiger charge is 2.30. The third-order valence-corrected chi connectivity index (χ3v) is 3.69. The fraction of sp³-hybridized carbons (Fsp3) is 0.381. The summed E-state index contributed by atoms with van der Waals surface area (Å²) in [5.41, 5.74) is -0.140. The number of aliphatic hydroxyl groups excluding tert-OH is 1. The molecule has 0 aliphatic heterocycles. The number of halogens is 3. The molecule has 0 saturated carbocycles. The molecule has 0 aliphatic carbocycles. The summed E-state index contributed by atoms with van der Waals surface area (Å²) < 4.78 is 58.1. The van der Waals surface area contributed by atoms with Crippen LogP contribution in [0.4, 0.5) is 13.2 Å². The number of esters is 1. The maximum absolute atomic E-state index is 12.5. The van der Waals surface area contributed by atoms with E-state index in [0.717, 1.165) is 12.1 Å². The highest BCUT2D eigenvalue weighted by molar-refractivity contribution is 5.70. The van der Waals surface area contributed by atoms with Gasteiger partial charge in [-0.25, -0.2) is 4.79 Å². The molecule has 0 spiro atoms. The fourth-order valence-electron chi connectivity index (χ4n) is 2.16. The van der Waals surface area contributed by atoms with Gasteiger partial charge < -0.3 is 24.1 Å². The van der Waals surface area contributed by atoms with Crippen molar-refractivity contribution in [1.82, 2.24) is 0 Å². The zero-order valence-electron chi connectivity index (χ0n) is 17.0. The van der Waals surface area contributed by atoms with Crippen molar-refractivity contribution in [3.05, 3.63) is 65.7 Å². The molecule has 30 heavy (non-hydrogen) atoms. The van der Waals surface area contributed by atoms with Gasteiger partial charge in [0.2, 0.25) is 0 Å². The lowest BCUT2D eigenvalue weighted by molar-refractivity contribution is -0.144. The Hall–Kier alpha value is -2.94. The van der Waals surface area contributed by atoms with Crippen LogP contribution in [0, 0.1) is 0 Å². The molecule has 0 aliphatic rings. The Morgan fingerprint density at radius 1 is 1.17 bits per heavy atom. The quantitative estimate of drug-likeness (QED) is 0.325. The highest BCUT2D eigenvalue weighted by atomic mass is 19.4. The summed E-state index contributed by atoms with van der Waals surface area (Å²) in [6.45, 7) is 6.49. The van der Waals surface area contributed by atoms with Crippen LogP contribution in [0.15, 0.2) is 60.1 Å². The monoisotopic (exact) mass is 430 g/mol. The van der Waals surface area contributed by atoms with E-state index in [2.05, 4.69) is 11.3 Å². The average Bonchev–Trinajstić information content (AvgIpc) is 2.70. The van der Waals surface area contributed by atoms with Crippen LogP contribution in [0.1, 0.15) is 19.4 Å². The van der Waals surface area contributed by atoms with Crippen molar-refractivity contribution in [1.29, 1.82) is 0 Å². The minimum absolute atomic E-state index is 0.0946. The third-order valence-electron chi connectivity index (χ3n) is 3.69. The Morgan fingerprint density at radius 3 is 2.33 bits per heavy atom. The van der Waals surface area contributed by atoms with Gasteiger partial charge >= 0.3 is 12.1 Å². The van der Waals surface area contributed by atoms with Gasteiger partial charge in [-0.15, -0.1) is 0 Å². The molecule has 0 aromatic heterocycles. The molecule has 1 aromatic rings.